The maximum absolute atomic E-state index is 12.6. The molecule has 1 saturated heterocycles. The number of aryl methyl sites for hydroxylation is 1. The van der Waals surface area contributed by atoms with Crippen LogP contribution >= 0.6 is 27.3 Å². The summed E-state index contributed by atoms with van der Waals surface area (Å²) in [4.78, 5) is 3.62. The van der Waals surface area contributed by atoms with Crippen LogP contribution in [0.4, 0.5) is 0 Å². The fourth-order valence-corrected chi connectivity index (χ4v) is 6.14. The van der Waals surface area contributed by atoms with Gasteiger partial charge in [0.15, 0.2) is 0 Å². The minimum atomic E-state index is -3.32. The molecule has 0 aliphatic carbocycles. The summed E-state index contributed by atoms with van der Waals surface area (Å²) in [5.41, 5.74) is 0. The van der Waals surface area contributed by atoms with Gasteiger partial charge in [-0.25, -0.2) is 8.42 Å². The van der Waals surface area contributed by atoms with Crippen LogP contribution in [-0.4, -0.2) is 50.3 Å². The number of halogens is 1. The van der Waals surface area contributed by atoms with Gasteiger partial charge in [-0.1, -0.05) is 6.92 Å². The number of thiophene rings is 1. The maximum Gasteiger partial charge on any atom is 0.244 e. The van der Waals surface area contributed by atoms with Crippen molar-refractivity contribution < 1.29 is 8.42 Å². The monoisotopic (exact) mass is 366 g/mol. The molecule has 0 spiro atoms. The molecule has 1 aromatic heterocycles. The molecule has 0 amide bonds. The van der Waals surface area contributed by atoms with Crippen molar-refractivity contribution >= 4 is 37.3 Å². The van der Waals surface area contributed by atoms with Crippen molar-refractivity contribution in [2.24, 2.45) is 0 Å². The van der Waals surface area contributed by atoms with Crippen LogP contribution in [0.15, 0.2) is 14.7 Å². The van der Waals surface area contributed by atoms with Gasteiger partial charge in [-0.05, 0) is 41.9 Å². The Morgan fingerprint density at radius 3 is 2.42 bits per heavy atom. The molecule has 4 nitrogen and oxygen atoms in total. The zero-order valence-electron chi connectivity index (χ0n) is 11.2. The van der Waals surface area contributed by atoms with Crippen molar-refractivity contribution in [3.05, 3.63) is 14.7 Å². The van der Waals surface area contributed by atoms with E-state index in [0.717, 1.165) is 34.7 Å². The normalized spacial score (nSPS) is 18.9. The second kappa shape index (κ2) is 6.22. The molecule has 2 heterocycles. The Balaban J connectivity index is 2.12. The number of rotatable bonds is 4. The summed E-state index contributed by atoms with van der Waals surface area (Å²) in [6, 6.07) is 1.72. The molecule has 0 aromatic carbocycles. The number of hydrogen-bond acceptors (Lipinski definition) is 4. The Hall–Kier alpha value is 0.0500. The molecule has 0 saturated carbocycles. The lowest BCUT2D eigenvalue weighted by Gasteiger charge is -2.33. The quantitative estimate of drug-likeness (QED) is 0.821. The first kappa shape index (κ1) is 15.4. The molecule has 0 bridgehead atoms. The van der Waals surface area contributed by atoms with Crippen LogP contribution in [-0.2, 0) is 10.0 Å². The van der Waals surface area contributed by atoms with E-state index in [4.69, 9.17) is 0 Å². The first-order valence-electron chi connectivity index (χ1n) is 6.43. The fraction of sp³-hybridized carbons (Fsp3) is 0.667. The van der Waals surface area contributed by atoms with Crippen LogP contribution in [0.1, 0.15) is 18.2 Å². The predicted molar refractivity (Wildman–Crippen MR) is 82.2 cm³/mol. The summed E-state index contributed by atoms with van der Waals surface area (Å²) in [5.74, 6) is 0. The van der Waals surface area contributed by atoms with E-state index in [0.29, 0.717) is 18.0 Å². The molecule has 1 aliphatic heterocycles. The number of sulfonamides is 1. The topological polar surface area (TPSA) is 40.6 Å². The standard InChI is InChI=1S/C12H19BrN2O2S2/c1-3-4-14-5-7-15(8-6-14)19(16,17)11-9-12(13)18-10(11)2/h9H,3-8H2,1-2H3. The van der Waals surface area contributed by atoms with E-state index in [1.807, 2.05) is 6.92 Å². The molecule has 0 atom stereocenters. The highest BCUT2D eigenvalue weighted by atomic mass is 79.9. The fourth-order valence-electron chi connectivity index (χ4n) is 2.34. The molecule has 108 valence electrons. The molecule has 1 aliphatic rings. The minimum absolute atomic E-state index is 0.452. The lowest BCUT2D eigenvalue weighted by molar-refractivity contribution is 0.188. The third kappa shape index (κ3) is 3.39. The summed E-state index contributed by atoms with van der Waals surface area (Å²) in [5, 5.41) is 0. The molecule has 19 heavy (non-hydrogen) atoms. The summed E-state index contributed by atoms with van der Waals surface area (Å²) in [6.45, 7) is 7.90. The highest BCUT2D eigenvalue weighted by molar-refractivity contribution is 9.11. The molecule has 0 N–H and O–H groups in total. The van der Waals surface area contributed by atoms with Crippen LogP contribution in [0.3, 0.4) is 0 Å². The van der Waals surface area contributed by atoms with E-state index in [2.05, 4.69) is 27.8 Å². The van der Waals surface area contributed by atoms with Gasteiger partial charge in [-0.15, -0.1) is 11.3 Å². The molecule has 1 aromatic rings. The summed E-state index contributed by atoms with van der Waals surface area (Å²) >= 11 is 4.83. The van der Waals surface area contributed by atoms with Crippen LogP contribution in [0.2, 0.25) is 0 Å². The van der Waals surface area contributed by atoms with Crippen molar-refractivity contribution in [3.63, 3.8) is 0 Å². The zero-order chi connectivity index (χ0) is 14.0. The Labute approximate surface area is 127 Å². The van der Waals surface area contributed by atoms with Gasteiger partial charge in [0, 0.05) is 31.1 Å². The summed E-state index contributed by atoms with van der Waals surface area (Å²) in [7, 11) is -3.32. The van der Waals surface area contributed by atoms with Crippen molar-refractivity contribution in [3.8, 4) is 0 Å². The van der Waals surface area contributed by atoms with E-state index < -0.39 is 10.0 Å². The highest BCUT2D eigenvalue weighted by Gasteiger charge is 2.30. The second-order valence-corrected chi connectivity index (χ2v) is 9.26. The average Bonchev–Trinajstić information content (AvgIpc) is 2.70. The largest absolute Gasteiger partial charge is 0.301 e. The van der Waals surface area contributed by atoms with Gasteiger partial charge >= 0.3 is 0 Å². The molecular weight excluding hydrogens is 348 g/mol. The highest BCUT2D eigenvalue weighted by Crippen LogP contribution is 2.31. The third-order valence-corrected chi connectivity index (χ3v) is 7.04. The number of piperazine rings is 1. The Morgan fingerprint density at radius 2 is 1.95 bits per heavy atom. The van der Waals surface area contributed by atoms with Gasteiger partial charge in [0.2, 0.25) is 10.0 Å². The molecule has 2 rings (SSSR count). The molecular formula is C12H19BrN2O2S2. The molecule has 1 fully saturated rings. The maximum atomic E-state index is 12.6. The Kier molecular flexibility index (Phi) is 5.05. The second-order valence-electron chi connectivity index (χ2n) is 4.72. The van der Waals surface area contributed by atoms with Crippen LogP contribution in [0, 0.1) is 6.92 Å². The third-order valence-electron chi connectivity index (χ3n) is 3.33. The van der Waals surface area contributed by atoms with Crippen molar-refractivity contribution in [1.82, 2.24) is 9.21 Å². The van der Waals surface area contributed by atoms with Gasteiger partial charge in [0.05, 0.1) is 8.68 Å². The van der Waals surface area contributed by atoms with E-state index >= 15 is 0 Å². The van der Waals surface area contributed by atoms with Crippen molar-refractivity contribution in [2.45, 2.75) is 25.2 Å². The summed E-state index contributed by atoms with van der Waals surface area (Å²) < 4.78 is 27.6. The number of hydrogen-bond donors (Lipinski definition) is 0. The molecule has 0 radical (unpaired) electrons. The lowest BCUT2D eigenvalue weighted by Crippen LogP contribution is -2.48. The van der Waals surface area contributed by atoms with E-state index in [1.54, 1.807) is 10.4 Å². The van der Waals surface area contributed by atoms with Gasteiger partial charge < -0.3 is 4.90 Å². The first-order chi connectivity index (χ1) is 8.95. The van der Waals surface area contributed by atoms with E-state index in [1.165, 1.54) is 11.3 Å². The van der Waals surface area contributed by atoms with Crippen molar-refractivity contribution in [1.29, 1.82) is 0 Å². The van der Waals surface area contributed by atoms with Crippen LogP contribution in [0.25, 0.3) is 0 Å². The summed E-state index contributed by atoms with van der Waals surface area (Å²) in [6.07, 6.45) is 1.11. The van der Waals surface area contributed by atoms with Gasteiger partial charge in [-0.3, -0.25) is 0 Å². The van der Waals surface area contributed by atoms with Crippen LogP contribution in [0.5, 0.6) is 0 Å². The molecule has 7 heteroatoms. The molecule has 0 unspecified atom stereocenters. The van der Waals surface area contributed by atoms with Gasteiger partial charge in [0.25, 0.3) is 0 Å². The van der Waals surface area contributed by atoms with Gasteiger partial charge in [-0.2, -0.15) is 4.31 Å². The predicted octanol–water partition coefficient (Wildman–Crippen LogP) is 2.54. The van der Waals surface area contributed by atoms with E-state index in [-0.39, 0.29) is 0 Å². The minimum Gasteiger partial charge on any atom is -0.301 e. The number of nitrogens with zero attached hydrogens (tertiary/aromatic N) is 2. The SMILES string of the molecule is CCCN1CCN(S(=O)(=O)c2cc(Br)sc2C)CC1. The average molecular weight is 367 g/mol. The zero-order valence-corrected chi connectivity index (χ0v) is 14.4. The van der Waals surface area contributed by atoms with E-state index in [9.17, 15) is 8.42 Å². The smallest absolute Gasteiger partial charge is 0.244 e. The Morgan fingerprint density at radius 1 is 1.32 bits per heavy atom. The first-order valence-corrected chi connectivity index (χ1v) is 9.48. The Bertz CT molecular complexity index is 534. The lowest BCUT2D eigenvalue weighted by atomic mass is 10.3. The van der Waals surface area contributed by atoms with Gasteiger partial charge in [0.1, 0.15) is 0 Å². The van der Waals surface area contributed by atoms with Crippen LogP contribution < -0.4 is 0 Å². The van der Waals surface area contributed by atoms with Crippen molar-refractivity contribution in [2.75, 3.05) is 32.7 Å².